The highest BCUT2D eigenvalue weighted by Gasteiger charge is 2.23. The number of nitrogens with two attached hydrogens (primary N) is 1. The topological polar surface area (TPSA) is 200 Å². The molecule has 7 aromatic rings. The molecular weight excluding hydrogens is 1220 g/mol. The van der Waals surface area contributed by atoms with Gasteiger partial charge in [0.25, 0.3) is 0 Å². The molecule has 7 rings (SSSR count). The molecule has 0 aliphatic heterocycles. The highest BCUT2D eigenvalue weighted by atomic mass is 35.5. The van der Waals surface area contributed by atoms with Crippen LogP contribution in [0, 0.1) is 13.8 Å². The van der Waals surface area contributed by atoms with Crippen molar-refractivity contribution in [3.63, 3.8) is 0 Å². The zero-order valence-corrected chi connectivity index (χ0v) is 55.5. The third-order valence-electron chi connectivity index (χ3n) is 13.8. The molecule has 0 amide bonds. The summed E-state index contributed by atoms with van der Waals surface area (Å²) in [6, 6.07) is 49.2. The molecule has 0 saturated carbocycles. The normalized spacial score (nSPS) is 12.3. The number of halogens is 2. The predicted octanol–water partition coefficient (Wildman–Crippen LogP) is 15.8. The molecule has 19 heteroatoms. The molecule has 0 aliphatic carbocycles. The third kappa shape index (κ3) is 26.0. The summed E-state index contributed by atoms with van der Waals surface area (Å²) in [5.74, 6) is 3.15. The molecule has 12 nitrogen and oxygen atoms in total. The number of hydrogen-bond donors (Lipinski definition) is 1. The Balaban J connectivity index is 0.000000249. The number of unbranched alkanes of at least 4 members (excludes halogenated alkanes) is 13. The van der Waals surface area contributed by atoms with Crippen LogP contribution < -0.4 is 5.73 Å². The first kappa shape index (κ1) is 72.8. The molecule has 0 heterocycles. The van der Waals surface area contributed by atoms with Gasteiger partial charge in [-0.1, -0.05) is 204 Å². The van der Waals surface area contributed by atoms with Crippen LogP contribution in [-0.4, -0.2) is 84.2 Å². The maximum Gasteiger partial charge on any atom is 0.206 e. The van der Waals surface area contributed by atoms with E-state index >= 15 is 0 Å². The second kappa shape index (κ2) is 36.6. The number of nitrogen functional groups attached to an aromatic ring is 1. The fourth-order valence-electron chi connectivity index (χ4n) is 8.67. The number of carbonyl (C=O) groups is 1. The average molecular weight is 1310 g/mol. The molecule has 7 aromatic carbocycles. The highest BCUT2D eigenvalue weighted by Crippen LogP contribution is 2.25. The van der Waals surface area contributed by atoms with Gasteiger partial charge in [-0.2, -0.15) is 0 Å². The Bertz CT molecular complexity index is 3580. The van der Waals surface area contributed by atoms with Crippen LogP contribution >= 0.6 is 23.2 Å². The number of anilines is 1. The van der Waals surface area contributed by atoms with E-state index in [1.54, 1.807) is 138 Å². The predicted molar refractivity (Wildman–Crippen MR) is 356 cm³/mol. The fraction of sp³-hybridized carbons (Fsp3) is 0.343. The number of rotatable bonds is 29. The lowest BCUT2D eigenvalue weighted by Crippen LogP contribution is -2.34. The third-order valence-corrected chi connectivity index (χ3v) is 23.1. The highest BCUT2D eigenvalue weighted by molar-refractivity contribution is 8.00. The number of sulfone groups is 4. The van der Waals surface area contributed by atoms with Crippen LogP contribution in [0.1, 0.15) is 125 Å². The number of ketones is 1. The van der Waals surface area contributed by atoms with Crippen LogP contribution in [0.25, 0.3) is 0 Å². The Morgan fingerprint density at radius 1 is 0.419 bits per heavy atom. The quantitative estimate of drug-likeness (QED) is 0.0202. The maximum absolute atomic E-state index is 13.0. The van der Waals surface area contributed by atoms with Crippen molar-refractivity contribution in [1.82, 2.24) is 4.90 Å². The van der Waals surface area contributed by atoms with Crippen molar-refractivity contribution in [3.05, 3.63) is 209 Å². The van der Waals surface area contributed by atoms with Gasteiger partial charge in [0.05, 0.1) is 36.1 Å². The molecule has 0 spiro atoms. The summed E-state index contributed by atoms with van der Waals surface area (Å²) in [5.41, 5.74) is 8.70. The molecule has 466 valence electrons. The number of hydrogen-bond acceptors (Lipinski definition) is 12. The molecule has 0 radical (unpaired) electrons. The van der Waals surface area contributed by atoms with Crippen molar-refractivity contribution in [2.75, 3.05) is 35.5 Å². The first-order valence-electron chi connectivity index (χ1n) is 28.9. The van der Waals surface area contributed by atoms with Gasteiger partial charge in [-0.05, 0) is 142 Å². The van der Waals surface area contributed by atoms with E-state index in [1.807, 2.05) is 32.9 Å². The van der Waals surface area contributed by atoms with Gasteiger partial charge in [-0.25, -0.2) is 33.7 Å². The van der Waals surface area contributed by atoms with Crippen molar-refractivity contribution in [1.29, 1.82) is 0 Å². The minimum Gasteiger partial charge on any atom is -0.399 e. The van der Waals surface area contributed by atoms with Crippen molar-refractivity contribution >= 4 is 89.4 Å². The van der Waals surface area contributed by atoms with Crippen molar-refractivity contribution in [3.8, 4) is 0 Å². The Kier molecular flexibility index (Phi) is 31.0. The molecule has 0 aliphatic rings. The van der Waals surface area contributed by atoms with Crippen LogP contribution in [0.2, 0.25) is 10.0 Å². The standard InChI is InChI=1S/C22H39NO2S.C19H25NO3S2.C14H12O3S.C12H8Cl2O2S/c1-2-3-4-5-6-7-8-9-10-11-12-13-14-15-20-26(24,25)22-18-16-21(23)17-19-22;1-5-20(14-24(4,21)18-10-6-16(2)7-11-18)15-25(22,23)19-12-8-17(3)9-13-19;15-14(12-7-3-1-4-8-12)11-18(16,17)13-9-5-2-6-10-13;13-9-1-5-11(6-2-9)17(15,16)12-7-3-10(14)4-8-12/h16-19H,2-15,20,23H2,1H3;6-13H,4-5,14-15H2,1-3H3;1-10H,11H2;1-8H. The maximum atomic E-state index is 13.0. The van der Waals surface area contributed by atoms with Crippen LogP contribution in [-0.2, 0) is 48.9 Å². The Hall–Kier alpha value is -5.63. The van der Waals surface area contributed by atoms with Crippen molar-refractivity contribution < 1.29 is 42.7 Å². The van der Waals surface area contributed by atoms with E-state index in [2.05, 4.69) is 12.8 Å². The summed E-state index contributed by atoms with van der Waals surface area (Å²) in [4.78, 5) is 15.4. The van der Waals surface area contributed by atoms with Crippen LogP contribution in [0.5, 0.6) is 0 Å². The lowest BCUT2D eigenvalue weighted by Gasteiger charge is -2.23. The second-order valence-corrected chi connectivity index (χ2v) is 32.3. The van der Waals surface area contributed by atoms with Gasteiger partial charge in [-0.3, -0.25) is 13.9 Å². The van der Waals surface area contributed by atoms with E-state index in [4.69, 9.17) is 28.9 Å². The summed E-state index contributed by atoms with van der Waals surface area (Å²) in [6.07, 6.45) is 17.8. The van der Waals surface area contributed by atoms with Crippen LogP contribution in [0.15, 0.2) is 211 Å². The monoisotopic (exact) mass is 1310 g/mol. The summed E-state index contributed by atoms with van der Waals surface area (Å²) >= 11 is 11.4. The van der Waals surface area contributed by atoms with E-state index in [0.29, 0.717) is 37.6 Å². The second-order valence-electron chi connectivity index (χ2n) is 21.1. The molecule has 1 atom stereocenters. The van der Waals surface area contributed by atoms with E-state index in [0.717, 1.165) is 30.4 Å². The van der Waals surface area contributed by atoms with Gasteiger partial charge in [0.15, 0.2) is 35.3 Å². The smallest absolute Gasteiger partial charge is 0.206 e. The van der Waals surface area contributed by atoms with Gasteiger partial charge in [0.1, 0.15) is 11.6 Å². The molecule has 1 unspecified atom stereocenters. The minimum absolute atomic E-state index is 0.109. The molecule has 86 heavy (non-hydrogen) atoms. The van der Waals surface area contributed by atoms with Crippen molar-refractivity contribution in [2.24, 2.45) is 0 Å². The minimum atomic E-state index is -3.56. The molecule has 0 saturated heterocycles. The SMILES string of the molecule is C=S(=O)(CN(CC)CS(=O)(=O)c1ccc(C)cc1)c1ccc(C)cc1.CCCCCCCCCCCCCCCCS(=O)(=O)c1ccc(N)cc1.O=C(CS(=O)(=O)c1ccccc1)c1ccccc1.O=S(=O)(c1ccc(Cl)cc1)c1ccc(Cl)cc1. The van der Waals surface area contributed by atoms with Crippen LogP contribution in [0.4, 0.5) is 5.69 Å². The van der Waals surface area contributed by atoms with E-state index < -0.39 is 54.6 Å². The largest absolute Gasteiger partial charge is 0.399 e. The molecule has 0 bridgehead atoms. The van der Waals surface area contributed by atoms with Gasteiger partial charge in [0.2, 0.25) is 9.84 Å². The average Bonchev–Trinajstić information content (AvgIpc) is 2.47. The zero-order valence-electron chi connectivity index (χ0n) is 49.9. The summed E-state index contributed by atoms with van der Waals surface area (Å²) in [7, 11) is -16.3. The molecule has 2 N–H and O–H groups in total. The fourth-order valence-corrected chi connectivity index (χ4v) is 16.0. The first-order valence-corrected chi connectivity index (χ1v) is 38.0. The lowest BCUT2D eigenvalue weighted by molar-refractivity contribution is 0.102. The van der Waals surface area contributed by atoms with Gasteiger partial charge < -0.3 is 5.73 Å². The Morgan fingerprint density at radius 3 is 1.21 bits per heavy atom. The zero-order chi connectivity index (χ0) is 63.2. The van der Waals surface area contributed by atoms with Crippen molar-refractivity contribution in [2.45, 2.75) is 147 Å². The molecular formula is C67H84Cl2N2O10S5. The summed E-state index contributed by atoms with van der Waals surface area (Å²) in [5, 5.41) is 1.00. The van der Waals surface area contributed by atoms with E-state index in [9.17, 15) is 42.7 Å². The summed E-state index contributed by atoms with van der Waals surface area (Å²) in [6.45, 7) is 8.47. The van der Waals surface area contributed by atoms with Crippen LogP contribution in [0.3, 0.4) is 0 Å². The van der Waals surface area contributed by atoms with Gasteiger partial charge >= 0.3 is 0 Å². The lowest BCUT2D eigenvalue weighted by atomic mass is 10.0. The van der Waals surface area contributed by atoms with Gasteiger partial charge in [0, 0.05) is 35.7 Å². The van der Waals surface area contributed by atoms with Gasteiger partial charge in [-0.15, -0.1) is 0 Å². The number of aryl methyl sites for hydroxylation is 2. The Morgan fingerprint density at radius 2 is 0.779 bits per heavy atom. The first-order chi connectivity index (χ1) is 40.8. The van der Waals surface area contributed by atoms with E-state index in [-0.39, 0.29) is 42.9 Å². The Labute approximate surface area is 524 Å². The molecule has 0 fully saturated rings. The number of nitrogens with zero attached hydrogens (tertiary/aromatic N) is 1. The number of carbonyl (C=O) groups excluding carboxylic acids is 1. The summed E-state index contributed by atoms with van der Waals surface area (Å²) < 4.78 is 111. The number of benzene rings is 7. The molecule has 0 aromatic heterocycles. The number of Topliss-reactive ketones (excluding diaryl/α,β-unsaturated/α-hetero) is 1. The van der Waals surface area contributed by atoms with E-state index in [1.165, 1.54) is 107 Å².